The van der Waals surface area contributed by atoms with Crippen LogP contribution in [0.15, 0.2) is 72.8 Å². The normalized spacial score (nSPS) is 14.1. The van der Waals surface area contributed by atoms with E-state index < -0.39 is 23.4 Å². The molecule has 3 aromatic rings. The maximum atomic E-state index is 13.3. The van der Waals surface area contributed by atoms with Crippen LogP contribution < -0.4 is 0 Å². The van der Waals surface area contributed by atoms with Crippen molar-refractivity contribution in [3.8, 4) is 22.3 Å². The van der Waals surface area contributed by atoms with Gasteiger partial charge in [0.15, 0.2) is 0 Å². The first-order valence-corrected chi connectivity index (χ1v) is 11.8. The van der Waals surface area contributed by atoms with Gasteiger partial charge in [-0.25, -0.2) is 9.59 Å². The second-order valence-electron chi connectivity index (χ2n) is 8.48. The van der Waals surface area contributed by atoms with E-state index in [1.807, 2.05) is 66.7 Å². The molecule has 0 spiro atoms. The lowest BCUT2D eigenvalue weighted by Gasteiger charge is -2.43. The Bertz CT molecular complexity index is 1220. The minimum atomic E-state index is -1.87. The standard InChI is InChI=1S/C29H29NO5/c1-4-34-27(32)29(28(33)35-5-2)18-23-16-25(21-12-8-6-9-13-21)26(22-14-10-7-11-15-22)17-24(23)19-30(29)20(3)31/h6-17H,4-5,18-19H2,1-3H3. The van der Waals surface area contributed by atoms with Gasteiger partial charge in [-0.05, 0) is 53.3 Å². The van der Waals surface area contributed by atoms with Gasteiger partial charge >= 0.3 is 11.9 Å². The van der Waals surface area contributed by atoms with Gasteiger partial charge in [0.2, 0.25) is 11.4 Å². The van der Waals surface area contributed by atoms with Crippen molar-refractivity contribution in [2.75, 3.05) is 13.2 Å². The molecule has 0 radical (unpaired) electrons. The molecule has 6 nitrogen and oxygen atoms in total. The molecule has 0 aromatic heterocycles. The number of ether oxygens (including phenoxy) is 2. The summed E-state index contributed by atoms with van der Waals surface area (Å²) in [6, 6.07) is 24.1. The Morgan fingerprint density at radius 1 is 0.771 bits per heavy atom. The van der Waals surface area contributed by atoms with Crippen molar-refractivity contribution in [2.45, 2.75) is 39.3 Å². The van der Waals surface area contributed by atoms with Crippen LogP contribution in [0.5, 0.6) is 0 Å². The monoisotopic (exact) mass is 471 g/mol. The van der Waals surface area contributed by atoms with E-state index in [0.29, 0.717) is 0 Å². The second kappa shape index (κ2) is 10.1. The van der Waals surface area contributed by atoms with Gasteiger partial charge in [0.05, 0.1) is 13.2 Å². The average molecular weight is 472 g/mol. The van der Waals surface area contributed by atoms with E-state index >= 15 is 0 Å². The van der Waals surface area contributed by atoms with E-state index in [9.17, 15) is 14.4 Å². The van der Waals surface area contributed by atoms with Crippen LogP contribution in [0.2, 0.25) is 0 Å². The van der Waals surface area contributed by atoms with Gasteiger partial charge in [0, 0.05) is 19.9 Å². The molecule has 1 amide bonds. The van der Waals surface area contributed by atoms with E-state index in [-0.39, 0.29) is 26.2 Å². The molecule has 0 unspecified atom stereocenters. The summed E-state index contributed by atoms with van der Waals surface area (Å²) < 4.78 is 10.6. The predicted molar refractivity (Wildman–Crippen MR) is 133 cm³/mol. The minimum Gasteiger partial charge on any atom is -0.464 e. The SMILES string of the molecule is CCOC(=O)C1(C(=O)OCC)Cc2cc(-c3ccccc3)c(-c3ccccc3)cc2CN1C(C)=O. The number of carbonyl (C=O) groups is 3. The Morgan fingerprint density at radius 2 is 1.23 bits per heavy atom. The molecule has 0 N–H and O–H groups in total. The number of amides is 1. The van der Waals surface area contributed by atoms with Crippen molar-refractivity contribution in [3.05, 3.63) is 83.9 Å². The number of rotatable bonds is 6. The van der Waals surface area contributed by atoms with Gasteiger partial charge in [-0.2, -0.15) is 0 Å². The third-order valence-electron chi connectivity index (χ3n) is 6.35. The molecule has 0 fully saturated rings. The van der Waals surface area contributed by atoms with Crippen molar-refractivity contribution in [3.63, 3.8) is 0 Å². The molecule has 4 rings (SSSR count). The average Bonchev–Trinajstić information content (AvgIpc) is 2.88. The topological polar surface area (TPSA) is 72.9 Å². The maximum absolute atomic E-state index is 13.3. The number of esters is 2. The molecule has 1 heterocycles. The van der Waals surface area contributed by atoms with Crippen LogP contribution in [0, 0.1) is 0 Å². The summed E-state index contributed by atoms with van der Waals surface area (Å²) in [6.45, 7) is 4.96. The Kier molecular flexibility index (Phi) is 7.01. The zero-order valence-corrected chi connectivity index (χ0v) is 20.2. The third-order valence-corrected chi connectivity index (χ3v) is 6.35. The molecule has 0 aliphatic carbocycles. The summed E-state index contributed by atoms with van der Waals surface area (Å²) in [7, 11) is 0. The first-order valence-electron chi connectivity index (χ1n) is 11.8. The molecule has 1 aliphatic heterocycles. The van der Waals surface area contributed by atoms with Crippen LogP contribution in [-0.4, -0.2) is 41.5 Å². The molecule has 0 bridgehead atoms. The molecule has 0 saturated heterocycles. The Morgan fingerprint density at radius 3 is 1.66 bits per heavy atom. The first-order chi connectivity index (χ1) is 16.9. The summed E-state index contributed by atoms with van der Waals surface area (Å²) >= 11 is 0. The molecular formula is C29H29NO5. The highest BCUT2D eigenvalue weighted by molar-refractivity contribution is 6.08. The number of hydrogen-bond acceptors (Lipinski definition) is 5. The molecule has 35 heavy (non-hydrogen) atoms. The lowest BCUT2D eigenvalue weighted by Crippen LogP contribution is -2.65. The highest BCUT2D eigenvalue weighted by atomic mass is 16.6. The number of nitrogens with zero attached hydrogens (tertiary/aromatic N) is 1. The molecular weight excluding hydrogens is 442 g/mol. The summed E-state index contributed by atoms with van der Waals surface area (Å²) in [6.07, 6.45) is -0.0194. The molecule has 180 valence electrons. The molecule has 0 saturated carbocycles. The fraction of sp³-hybridized carbons (Fsp3) is 0.276. The highest BCUT2D eigenvalue weighted by Gasteiger charge is 2.57. The van der Waals surface area contributed by atoms with Crippen molar-refractivity contribution >= 4 is 17.8 Å². The lowest BCUT2D eigenvalue weighted by atomic mass is 9.79. The fourth-order valence-corrected chi connectivity index (χ4v) is 4.72. The summed E-state index contributed by atoms with van der Waals surface area (Å²) in [5.41, 5.74) is 3.86. The van der Waals surface area contributed by atoms with E-state index in [2.05, 4.69) is 6.07 Å². The lowest BCUT2D eigenvalue weighted by molar-refractivity contribution is -0.180. The second-order valence-corrected chi connectivity index (χ2v) is 8.48. The molecule has 1 aliphatic rings. The largest absolute Gasteiger partial charge is 0.464 e. The first kappa shape index (κ1) is 24.2. The minimum absolute atomic E-state index is 0.0194. The number of carbonyl (C=O) groups excluding carboxylic acids is 3. The van der Waals surface area contributed by atoms with Gasteiger partial charge in [-0.1, -0.05) is 66.7 Å². The fourth-order valence-electron chi connectivity index (χ4n) is 4.72. The van der Waals surface area contributed by atoms with Gasteiger partial charge in [-0.15, -0.1) is 0 Å². The smallest absolute Gasteiger partial charge is 0.344 e. The van der Waals surface area contributed by atoms with Crippen LogP contribution in [0.1, 0.15) is 31.9 Å². The third kappa shape index (κ3) is 4.44. The van der Waals surface area contributed by atoms with Crippen molar-refractivity contribution < 1.29 is 23.9 Å². The van der Waals surface area contributed by atoms with Gasteiger partial charge in [0.25, 0.3) is 0 Å². The van der Waals surface area contributed by atoms with Gasteiger partial charge in [-0.3, -0.25) is 4.79 Å². The van der Waals surface area contributed by atoms with Crippen LogP contribution in [0.4, 0.5) is 0 Å². The van der Waals surface area contributed by atoms with Crippen LogP contribution >= 0.6 is 0 Å². The van der Waals surface area contributed by atoms with Crippen molar-refractivity contribution in [1.29, 1.82) is 0 Å². The van der Waals surface area contributed by atoms with Crippen LogP contribution in [0.3, 0.4) is 0 Å². The van der Waals surface area contributed by atoms with E-state index in [1.165, 1.54) is 11.8 Å². The zero-order chi connectivity index (χ0) is 25.0. The highest BCUT2D eigenvalue weighted by Crippen LogP contribution is 2.40. The number of hydrogen-bond donors (Lipinski definition) is 0. The molecule has 0 atom stereocenters. The number of benzene rings is 3. The predicted octanol–water partition coefficient (Wildman–Crippen LogP) is 4.79. The Labute approximate surface area is 205 Å². The van der Waals surface area contributed by atoms with Gasteiger partial charge in [0.1, 0.15) is 0 Å². The summed E-state index contributed by atoms with van der Waals surface area (Å²) in [5.74, 6) is -1.94. The van der Waals surface area contributed by atoms with E-state index in [4.69, 9.17) is 9.47 Å². The Balaban J connectivity index is 1.95. The van der Waals surface area contributed by atoms with Gasteiger partial charge < -0.3 is 14.4 Å². The Hall–Kier alpha value is -3.93. The van der Waals surface area contributed by atoms with Crippen LogP contribution in [0.25, 0.3) is 22.3 Å². The zero-order valence-electron chi connectivity index (χ0n) is 20.2. The van der Waals surface area contributed by atoms with Crippen molar-refractivity contribution in [1.82, 2.24) is 4.90 Å². The summed E-state index contributed by atoms with van der Waals surface area (Å²) in [4.78, 5) is 40.7. The maximum Gasteiger partial charge on any atom is 0.344 e. The van der Waals surface area contributed by atoms with E-state index in [1.54, 1.807) is 13.8 Å². The summed E-state index contributed by atoms with van der Waals surface area (Å²) in [5, 5.41) is 0. The molecule has 6 heteroatoms. The van der Waals surface area contributed by atoms with E-state index in [0.717, 1.165) is 33.4 Å². The van der Waals surface area contributed by atoms with Crippen molar-refractivity contribution in [2.24, 2.45) is 0 Å². The molecule has 3 aromatic carbocycles. The van der Waals surface area contributed by atoms with Crippen LogP contribution in [-0.2, 0) is 36.8 Å². The quantitative estimate of drug-likeness (QED) is 0.382. The number of fused-ring (bicyclic) bond motifs is 1.